The minimum atomic E-state index is 0.314. The number of fused-ring (bicyclic) bond motifs is 4. The van der Waals surface area contributed by atoms with E-state index in [4.69, 9.17) is 0 Å². The number of nitrogens with zero attached hydrogens (tertiary/aromatic N) is 2. The fourth-order valence-electron chi connectivity index (χ4n) is 5.68. The lowest BCUT2D eigenvalue weighted by Gasteiger charge is -2.34. The molecule has 0 amide bonds. The van der Waals surface area contributed by atoms with Crippen molar-refractivity contribution in [3.63, 3.8) is 0 Å². The largest absolute Gasteiger partial charge is 0.369 e. The molecule has 1 spiro atoms. The quantitative estimate of drug-likeness (QED) is 0.860. The van der Waals surface area contributed by atoms with E-state index < -0.39 is 0 Å². The number of hydrogen-bond acceptors (Lipinski definition) is 3. The van der Waals surface area contributed by atoms with Crippen molar-refractivity contribution in [3.8, 4) is 0 Å². The summed E-state index contributed by atoms with van der Waals surface area (Å²) in [5.74, 6) is 0. The van der Waals surface area contributed by atoms with Crippen LogP contribution in [-0.2, 0) is 12.0 Å². The fraction of sp³-hybridized carbons (Fsp3) is 0.400. The molecule has 4 unspecified atom stereocenters. The Balaban J connectivity index is 1.42. The minimum absolute atomic E-state index is 0.314. The molecule has 0 bridgehead atoms. The van der Waals surface area contributed by atoms with Crippen molar-refractivity contribution < 1.29 is 0 Å². The SMILES string of the molecule is c1ccc(CN2CCC34c5ccccc5N[C@@H]3N3CC3C24)cc1. The van der Waals surface area contributed by atoms with Crippen molar-refractivity contribution >= 4 is 5.69 Å². The molecule has 1 N–H and O–H groups in total. The highest BCUT2D eigenvalue weighted by Crippen LogP contribution is 2.61. The molecule has 3 saturated heterocycles. The smallest absolute Gasteiger partial charge is 0.0913 e. The number of benzene rings is 2. The molecule has 0 aromatic heterocycles. The van der Waals surface area contributed by atoms with Gasteiger partial charge >= 0.3 is 0 Å². The number of hydrogen-bond donors (Lipinski definition) is 1. The molecule has 4 heterocycles. The van der Waals surface area contributed by atoms with Gasteiger partial charge in [0.1, 0.15) is 0 Å². The number of piperidine rings is 1. The maximum Gasteiger partial charge on any atom is 0.0913 e. The number of likely N-dealkylation sites (tertiary alicyclic amines) is 1. The Morgan fingerprint density at radius 3 is 2.78 bits per heavy atom. The molecular formula is C20H21N3. The van der Waals surface area contributed by atoms with E-state index in [2.05, 4.69) is 69.7 Å². The van der Waals surface area contributed by atoms with Gasteiger partial charge in [-0.15, -0.1) is 0 Å². The minimum Gasteiger partial charge on any atom is -0.369 e. The van der Waals surface area contributed by atoms with Crippen LogP contribution in [0.4, 0.5) is 5.69 Å². The number of rotatable bonds is 2. The van der Waals surface area contributed by atoms with Crippen molar-refractivity contribution in [2.75, 3.05) is 18.4 Å². The summed E-state index contributed by atoms with van der Waals surface area (Å²) in [7, 11) is 0. The van der Waals surface area contributed by atoms with Crippen LogP contribution < -0.4 is 5.32 Å². The standard InChI is InChI=1S/C20H21N3/c1-2-6-14(7-3-1)12-22-11-10-20-15-8-4-5-9-16(15)21-19(20)23-13-17(23)18(20)22/h1-9,17-19,21H,10-13H2/t17?,18?,19-,20?,23?/m1/s1. The lowest BCUT2D eigenvalue weighted by molar-refractivity contribution is 0.214. The van der Waals surface area contributed by atoms with Crippen LogP contribution in [0.1, 0.15) is 17.5 Å². The zero-order valence-corrected chi connectivity index (χ0v) is 13.2. The highest BCUT2D eigenvalue weighted by Gasteiger charge is 2.72. The molecule has 4 aliphatic heterocycles. The maximum atomic E-state index is 3.83. The first-order chi connectivity index (χ1) is 11.4. The molecular weight excluding hydrogens is 282 g/mol. The summed E-state index contributed by atoms with van der Waals surface area (Å²) in [6.07, 6.45) is 1.81. The molecule has 4 aliphatic rings. The first-order valence-electron chi connectivity index (χ1n) is 8.78. The summed E-state index contributed by atoms with van der Waals surface area (Å²) in [5, 5.41) is 3.83. The topological polar surface area (TPSA) is 18.3 Å². The van der Waals surface area contributed by atoms with E-state index in [9.17, 15) is 0 Å². The Hall–Kier alpha value is -1.84. The highest BCUT2D eigenvalue weighted by molar-refractivity contribution is 5.65. The fourth-order valence-corrected chi connectivity index (χ4v) is 5.68. The molecule has 2 aromatic carbocycles. The van der Waals surface area contributed by atoms with Crippen LogP contribution in [-0.4, -0.2) is 41.1 Å². The molecule has 5 atom stereocenters. The second-order valence-electron chi connectivity index (χ2n) is 7.55. The van der Waals surface area contributed by atoms with Crippen molar-refractivity contribution in [3.05, 3.63) is 65.7 Å². The van der Waals surface area contributed by atoms with Crippen molar-refractivity contribution in [1.82, 2.24) is 9.80 Å². The van der Waals surface area contributed by atoms with E-state index in [1.165, 1.54) is 30.8 Å². The lowest BCUT2D eigenvalue weighted by Crippen LogP contribution is -2.48. The zero-order chi connectivity index (χ0) is 15.0. The van der Waals surface area contributed by atoms with E-state index in [1.807, 2.05) is 0 Å². The van der Waals surface area contributed by atoms with Gasteiger partial charge in [0.2, 0.25) is 0 Å². The van der Waals surface area contributed by atoms with Gasteiger partial charge in [-0.2, -0.15) is 0 Å². The summed E-state index contributed by atoms with van der Waals surface area (Å²) in [5.41, 5.74) is 4.69. The second kappa shape index (κ2) is 4.16. The average Bonchev–Trinajstić information content (AvgIpc) is 3.05. The third-order valence-electron chi connectivity index (χ3n) is 6.56. The number of anilines is 1. The summed E-state index contributed by atoms with van der Waals surface area (Å²) in [4.78, 5) is 5.44. The van der Waals surface area contributed by atoms with E-state index in [-0.39, 0.29) is 0 Å². The van der Waals surface area contributed by atoms with Crippen LogP contribution >= 0.6 is 0 Å². The van der Waals surface area contributed by atoms with E-state index in [0.29, 0.717) is 17.6 Å². The van der Waals surface area contributed by atoms with Gasteiger partial charge in [-0.05, 0) is 30.2 Å². The molecule has 3 heteroatoms. The summed E-state index contributed by atoms with van der Waals surface area (Å²) in [6, 6.07) is 21.4. The first-order valence-corrected chi connectivity index (χ1v) is 8.78. The van der Waals surface area contributed by atoms with Crippen LogP contribution in [0.15, 0.2) is 54.6 Å². The Kier molecular flexibility index (Phi) is 2.27. The van der Waals surface area contributed by atoms with E-state index in [0.717, 1.165) is 12.6 Å². The average molecular weight is 303 g/mol. The van der Waals surface area contributed by atoms with Crippen LogP contribution in [0.2, 0.25) is 0 Å². The van der Waals surface area contributed by atoms with Gasteiger partial charge in [0.25, 0.3) is 0 Å². The molecule has 3 nitrogen and oxygen atoms in total. The predicted molar refractivity (Wildman–Crippen MR) is 91.3 cm³/mol. The van der Waals surface area contributed by atoms with Crippen molar-refractivity contribution in [1.29, 1.82) is 0 Å². The van der Waals surface area contributed by atoms with Crippen molar-refractivity contribution in [2.24, 2.45) is 0 Å². The molecule has 6 rings (SSSR count). The summed E-state index contributed by atoms with van der Waals surface area (Å²) >= 11 is 0. The molecule has 0 radical (unpaired) electrons. The van der Waals surface area contributed by atoms with Crippen LogP contribution in [0.5, 0.6) is 0 Å². The molecule has 23 heavy (non-hydrogen) atoms. The summed E-state index contributed by atoms with van der Waals surface area (Å²) in [6.45, 7) is 3.58. The number of para-hydroxylation sites is 1. The maximum absolute atomic E-state index is 3.83. The molecule has 116 valence electrons. The monoisotopic (exact) mass is 303 g/mol. The van der Waals surface area contributed by atoms with Crippen LogP contribution in [0.3, 0.4) is 0 Å². The molecule has 2 aromatic rings. The third kappa shape index (κ3) is 1.47. The van der Waals surface area contributed by atoms with E-state index in [1.54, 1.807) is 5.56 Å². The second-order valence-corrected chi connectivity index (χ2v) is 7.55. The highest BCUT2D eigenvalue weighted by atomic mass is 15.5. The Morgan fingerprint density at radius 1 is 1.04 bits per heavy atom. The zero-order valence-electron chi connectivity index (χ0n) is 13.2. The van der Waals surface area contributed by atoms with Gasteiger partial charge in [0, 0.05) is 36.3 Å². The predicted octanol–water partition coefficient (Wildman–Crippen LogP) is 2.65. The normalized spacial score (nSPS) is 39.3. The van der Waals surface area contributed by atoms with Gasteiger partial charge in [0.15, 0.2) is 0 Å². The van der Waals surface area contributed by atoms with Gasteiger partial charge in [-0.25, -0.2) is 0 Å². The lowest BCUT2D eigenvalue weighted by atomic mass is 9.74. The van der Waals surface area contributed by atoms with Crippen molar-refractivity contribution in [2.45, 2.75) is 36.6 Å². The van der Waals surface area contributed by atoms with Gasteiger partial charge in [0.05, 0.1) is 6.17 Å². The van der Waals surface area contributed by atoms with Crippen LogP contribution in [0, 0.1) is 0 Å². The molecule has 3 fully saturated rings. The van der Waals surface area contributed by atoms with Gasteiger partial charge < -0.3 is 5.32 Å². The third-order valence-corrected chi connectivity index (χ3v) is 6.56. The van der Waals surface area contributed by atoms with Crippen LogP contribution in [0.25, 0.3) is 0 Å². The number of nitrogens with one attached hydrogen (secondary N) is 1. The Morgan fingerprint density at radius 2 is 1.87 bits per heavy atom. The van der Waals surface area contributed by atoms with Gasteiger partial charge in [-0.1, -0.05) is 48.5 Å². The Bertz CT molecular complexity index is 773. The summed E-state index contributed by atoms with van der Waals surface area (Å²) < 4.78 is 0. The van der Waals surface area contributed by atoms with E-state index >= 15 is 0 Å². The molecule has 0 saturated carbocycles. The van der Waals surface area contributed by atoms with Gasteiger partial charge in [-0.3, -0.25) is 9.80 Å². The molecule has 0 aliphatic carbocycles. The Labute approximate surface area is 136 Å². The first kappa shape index (κ1) is 12.6.